The molecule has 1 saturated carbocycles. The topological polar surface area (TPSA) is 43.4 Å². The molecule has 4 heteroatoms. The first kappa shape index (κ1) is 15.7. The molecular weight excluding hydrogens is 271 g/mol. The van der Waals surface area contributed by atoms with Gasteiger partial charge in [0.05, 0.1) is 0 Å². The van der Waals surface area contributed by atoms with E-state index in [1.807, 2.05) is 0 Å². The molecule has 21 heavy (non-hydrogen) atoms. The Kier molecular flexibility index (Phi) is 4.17. The van der Waals surface area contributed by atoms with Crippen molar-refractivity contribution in [2.24, 2.45) is 5.41 Å². The summed E-state index contributed by atoms with van der Waals surface area (Å²) in [6.07, 6.45) is 1.87. The van der Waals surface area contributed by atoms with Crippen molar-refractivity contribution in [3.63, 3.8) is 0 Å². The van der Waals surface area contributed by atoms with Gasteiger partial charge in [-0.25, -0.2) is 4.39 Å². The zero-order valence-corrected chi connectivity index (χ0v) is 12.7. The van der Waals surface area contributed by atoms with Crippen LogP contribution in [-0.4, -0.2) is 17.4 Å². The highest BCUT2D eigenvalue weighted by molar-refractivity contribution is 6.05. The lowest BCUT2D eigenvalue weighted by Crippen LogP contribution is -2.42. The largest absolute Gasteiger partial charge is 0.459 e. The maximum absolute atomic E-state index is 13.0. The van der Waals surface area contributed by atoms with E-state index in [9.17, 15) is 14.0 Å². The summed E-state index contributed by atoms with van der Waals surface area (Å²) < 4.78 is 18.5. The van der Waals surface area contributed by atoms with Gasteiger partial charge in [0.2, 0.25) is 0 Å². The molecule has 0 spiro atoms. The Morgan fingerprint density at radius 2 is 1.90 bits per heavy atom. The van der Waals surface area contributed by atoms with Crippen molar-refractivity contribution >= 4 is 11.8 Å². The first-order chi connectivity index (χ1) is 9.73. The Hall–Kier alpha value is -1.71. The van der Waals surface area contributed by atoms with Gasteiger partial charge in [0.15, 0.2) is 5.78 Å². The molecule has 1 unspecified atom stereocenters. The summed E-state index contributed by atoms with van der Waals surface area (Å²) >= 11 is 0. The predicted octanol–water partition coefficient (Wildman–Crippen LogP) is 3.45. The van der Waals surface area contributed by atoms with Gasteiger partial charge in [-0.2, -0.15) is 0 Å². The van der Waals surface area contributed by atoms with E-state index in [1.165, 1.54) is 12.1 Å². The summed E-state index contributed by atoms with van der Waals surface area (Å²) in [5.74, 6) is -0.856. The number of esters is 1. The van der Waals surface area contributed by atoms with Crippen LogP contribution in [0.2, 0.25) is 0 Å². The Morgan fingerprint density at radius 3 is 2.38 bits per heavy atom. The van der Waals surface area contributed by atoms with Crippen LogP contribution in [0.5, 0.6) is 0 Å². The number of halogens is 1. The van der Waals surface area contributed by atoms with Gasteiger partial charge >= 0.3 is 5.97 Å². The minimum absolute atomic E-state index is 0.0684. The summed E-state index contributed by atoms with van der Waals surface area (Å²) in [6.45, 7) is 5.36. The molecule has 1 aromatic carbocycles. The van der Waals surface area contributed by atoms with Gasteiger partial charge in [-0.15, -0.1) is 0 Å². The lowest BCUT2D eigenvalue weighted by molar-refractivity contribution is -0.169. The van der Waals surface area contributed by atoms with Gasteiger partial charge in [0.25, 0.3) is 0 Å². The fourth-order valence-electron chi connectivity index (χ4n) is 2.73. The fraction of sp³-hybridized carbons (Fsp3) is 0.529. The normalized spacial score (nSPS) is 22.4. The molecule has 0 bridgehead atoms. The molecule has 2 rings (SSSR count). The molecule has 0 radical (unpaired) electrons. The van der Waals surface area contributed by atoms with Crippen LogP contribution in [-0.2, 0) is 20.7 Å². The van der Waals surface area contributed by atoms with Gasteiger partial charge in [0, 0.05) is 6.42 Å². The number of rotatable bonds is 3. The molecule has 1 aliphatic carbocycles. The maximum Gasteiger partial charge on any atom is 0.320 e. The molecule has 0 saturated heterocycles. The maximum atomic E-state index is 13.0. The van der Waals surface area contributed by atoms with Gasteiger partial charge in [-0.1, -0.05) is 12.1 Å². The summed E-state index contributed by atoms with van der Waals surface area (Å²) in [5.41, 5.74) is -0.960. The van der Waals surface area contributed by atoms with Crippen LogP contribution in [0.3, 0.4) is 0 Å². The van der Waals surface area contributed by atoms with E-state index in [-0.39, 0.29) is 18.0 Å². The second-order valence-electron chi connectivity index (χ2n) is 6.66. The molecule has 0 aromatic heterocycles. The van der Waals surface area contributed by atoms with E-state index < -0.39 is 17.0 Å². The number of benzene rings is 1. The molecule has 0 N–H and O–H groups in total. The number of ketones is 1. The molecule has 114 valence electrons. The quantitative estimate of drug-likeness (QED) is 0.633. The van der Waals surface area contributed by atoms with Crippen LogP contribution in [0, 0.1) is 11.2 Å². The Balaban J connectivity index is 2.28. The fourth-order valence-corrected chi connectivity index (χ4v) is 2.73. The SMILES string of the molecule is CC(C)(C)OC(=O)C1(Cc2ccc(F)cc2)CCCC1=O. The first-order valence-electron chi connectivity index (χ1n) is 7.24. The third-order valence-electron chi connectivity index (χ3n) is 3.75. The third-order valence-corrected chi connectivity index (χ3v) is 3.75. The van der Waals surface area contributed by atoms with E-state index in [2.05, 4.69) is 0 Å². The number of Topliss-reactive ketones (excluding diaryl/α,β-unsaturated/α-hetero) is 1. The second kappa shape index (κ2) is 5.58. The van der Waals surface area contributed by atoms with Gasteiger partial charge in [-0.3, -0.25) is 9.59 Å². The number of ether oxygens (including phenoxy) is 1. The predicted molar refractivity (Wildman–Crippen MR) is 77.2 cm³/mol. The van der Waals surface area contributed by atoms with Crippen LogP contribution < -0.4 is 0 Å². The van der Waals surface area contributed by atoms with E-state index in [0.717, 1.165) is 5.56 Å². The monoisotopic (exact) mass is 292 g/mol. The van der Waals surface area contributed by atoms with Crippen molar-refractivity contribution in [3.8, 4) is 0 Å². The third kappa shape index (κ3) is 3.49. The zero-order valence-electron chi connectivity index (χ0n) is 12.7. The van der Waals surface area contributed by atoms with Crippen LogP contribution >= 0.6 is 0 Å². The van der Waals surface area contributed by atoms with Crippen LogP contribution in [0.25, 0.3) is 0 Å². The van der Waals surface area contributed by atoms with Crippen molar-refractivity contribution < 1.29 is 18.7 Å². The van der Waals surface area contributed by atoms with Crippen LogP contribution in [0.4, 0.5) is 4.39 Å². The molecule has 3 nitrogen and oxygen atoms in total. The van der Waals surface area contributed by atoms with Crippen molar-refractivity contribution in [2.75, 3.05) is 0 Å². The molecule has 0 amide bonds. The highest BCUT2D eigenvalue weighted by Crippen LogP contribution is 2.40. The van der Waals surface area contributed by atoms with E-state index >= 15 is 0 Å². The molecule has 0 aliphatic heterocycles. The zero-order chi connectivity index (χ0) is 15.7. The number of carbonyl (C=O) groups excluding carboxylic acids is 2. The Bertz CT molecular complexity index is 542. The number of hydrogen-bond donors (Lipinski definition) is 0. The molecule has 0 heterocycles. The van der Waals surface area contributed by atoms with Crippen molar-refractivity contribution in [2.45, 2.75) is 52.1 Å². The minimum Gasteiger partial charge on any atom is -0.459 e. The molecule has 1 atom stereocenters. The van der Waals surface area contributed by atoms with E-state index in [0.29, 0.717) is 19.3 Å². The van der Waals surface area contributed by atoms with Crippen LogP contribution in [0.1, 0.15) is 45.6 Å². The highest BCUT2D eigenvalue weighted by Gasteiger charge is 2.50. The lowest BCUT2D eigenvalue weighted by Gasteiger charge is -2.30. The average molecular weight is 292 g/mol. The van der Waals surface area contributed by atoms with Crippen molar-refractivity contribution in [1.29, 1.82) is 0 Å². The summed E-state index contributed by atoms with van der Waals surface area (Å²) in [5, 5.41) is 0. The average Bonchev–Trinajstić information content (AvgIpc) is 2.73. The number of hydrogen-bond acceptors (Lipinski definition) is 3. The van der Waals surface area contributed by atoms with E-state index in [4.69, 9.17) is 4.74 Å². The first-order valence-corrected chi connectivity index (χ1v) is 7.24. The van der Waals surface area contributed by atoms with Gasteiger partial charge in [0.1, 0.15) is 16.8 Å². The summed E-state index contributed by atoms with van der Waals surface area (Å²) in [6, 6.07) is 5.93. The highest BCUT2D eigenvalue weighted by atomic mass is 19.1. The molecule has 1 aromatic rings. The second-order valence-corrected chi connectivity index (χ2v) is 6.66. The van der Waals surface area contributed by atoms with Crippen molar-refractivity contribution in [3.05, 3.63) is 35.6 Å². The molecule has 1 aliphatic rings. The van der Waals surface area contributed by atoms with Gasteiger partial charge in [-0.05, 0) is 57.7 Å². The van der Waals surface area contributed by atoms with E-state index in [1.54, 1.807) is 32.9 Å². The summed E-state index contributed by atoms with van der Waals surface area (Å²) in [4.78, 5) is 24.9. The minimum atomic E-state index is -1.11. The van der Waals surface area contributed by atoms with Gasteiger partial charge < -0.3 is 4.74 Å². The molecular formula is C17H21FO3. The molecule has 1 fully saturated rings. The summed E-state index contributed by atoms with van der Waals surface area (Å²) in [7, 11) is 0. The van der Waals surface area contributed by atoms with Crippen LogP contribution in [0.15, 0.2) is 24.3 Å². The Labute approximate surface area is 124 Å². The Morgan fingerprint density at radius 1 is 1.29 bits per heavy atom. The number of carbonyl (C=O) groups is 2. The smallest absolute Gasteiger partial charge is 0.320 e. The lowest BCUT2D eigenvalue weighted by atomic mass is 9.79. The van der Waals surface area contributed by atoms with Crippen molar-refractivity contribution in [1.82, 2.24) is 0 Å². The standard InChI is InChI=1S/C17H21FO3/c1-16(2,3)21-15(20)17(10-4-5-14(17)19)11-12-6-8-13(18)9-7-12/h6-9H,4-5,10-11H2,1-3H3.